The van der Waals surface area contributed by atoms with Gasteiger partial charge in [0.15, 0.2) is 0 Å². The Bertz CT molecular complexity index is 238. The summed E-state index contributed by atoms with van der Waals surface area (Å²) in [5.74, 6) is 0.752. The highest BCUT2D eigenvalue weighted by Gasteiger charge is 2.30. The minimum Gasteiger partial charge on any atom is -0.381 e. The second-order valence-electron chi connectivity index (χ2n) is 7.16. The van der Waals surface area contributed by atoms with Crippen LogP contribution >= 0.6 is 0 Å². The van der Waals surface area contributed by atoms with Gasteiger partial charge in [-0.15, -0.1) is 0 Å². The number of hydrogen-bond acceptors (Lipinski definition) is 2. The molecule has 0 bridgehead atoms. The molecule has 1 atom stereocenters. The fraction of sp³-hybridized carbons (Fsp3) is 1.00. The summed E-state index contributed by atoms with van der Waals surface area (Å²) >= 11 is 0. The minimum absolute atomic E-state index is 0.469. The van der Waals surface area contributed by atoms with Crippen molar-refractivity contribution in [3.8, 4) is 0 Å². The fourth-order valence-corrected chi connectivity index (χ4v) is 2.69. The molecule has 1 N–H and O–H groups in total. The molecule has 0 aromatic heterocycles. The quantitative estimate of drug-likeness (QED) is 0.491. The van der Waals surface area contributed by atoms with Crippen molar-refractivity contribution >= 4 is 0 Å². The van der Waals surface area contributed by atoms with Gasteiger partial charge in [-0.25, -0.2) is 0 Å². The first-order chi connectivity index (χ1) is 9.62. The first kappa shape index (κ1) is 18.0. The van der Waals surface area contributed by atoms with Gasteiger partial charge in [-0.3, -0.25) is 0 Å². The van der Waals surface area contributed by atoms with E-state index in [-0.39, 0.29) is 0 Å². The van der Waals surface area contributed by atoms with Crippen LogP contribution in [0.4, 0.5) is 0 Å². The molecule has 0 radical (unpaired) electrons. The van der Waals surface area contributed by atoms with Crippen molar-refractivity contribution in [1.29, 1.82) is 0 Å². The zero-order valence-corrected chi connectivity index (χ0v) is 14.3. The molecule has 0 heterocycles. The maximum atomic E-state index is 5.88. The molecular formula is C18H37NO. The van der Waals surface area contributed by atoms with Crippen LogP contribution in [0.15, 0.2) is 0 Å². The number of rotatable bonds is 13. The molecule has 1 aliphatic rings. The average Bonchev–Trinajstić information content (AvgIpc) is 3.25. The van der Waals surface area contributed by atoms with E-state index in [9.17, 15) is 0 Å². The standard InChI is InChI=1S/C18H37NO/c1-5-7-11-18(6-2,15-19-17-8-9-17)12-14-20-13-10-16(3)4/h16-17,19H,5-15H2,1-4H3. The van der Waals surface area contributed by atoms with Crippen molar-refractivity contribution in [3.05, 3.63) is 0 Å². The Morgan fingerprint density at radius 2 is 1.90 bits per heavy atom. The van der Waals surface area contributed by atoms with Crippen LogP contribution in [0.1, 0.15) is 79.1 Å². The Balaban J connectivity index is 2.30. The number of nitrogens with one attached hydrogen (secondary N) is 1. The SMILES string of the molecule is CCCCC(CC)(CCOCCC(C)C)CNC1CC1. The van der Waals surface area contributed by atoms with E-state index in [1.54, 1.807) is 0 Å². The van der Waals surface area contributed by atoms with Crippen LogP contribution in [0.3, 0.4) is 0 Å². The summed E-state index contributed by atoms with van der Waals surface area (Å²) in [4.78, 5) is 0. The summed E-state index contributed by atoms with van der Waals surface area (Å²) in [6.45, 7) is 12.3. The summed E-state index contributed by atoms with van der Waals surface area (Å²) in [6, 6.07) is 0.824. The Labute approximate surface area is 127 Å². The van der Waals surface area contributed by atoms with Gasteiger partial charge in [0.2, 0.25) is 0 Å². The number of ether oxygens (including phenoxy) is 1. The van der Waals surface area contributed by atoms with Gasteiger partial charge in [0.1, 0.15) is 0 Å². The predicted molar refractivity (Wildman–Crippen MR) is 88.2 cm³/mol. The first-order valence-electron chi connectivity index (χ1n) is 8.93. The molecular weight excluding hydrogens is 246 g/mol. The summed E-state index contributed by atoms with van der Waals surface area (Å²) < 4.78 is 5.88. The van der Waals surface area contributed by atoms with Crippen LogP contribution in [0.25, 0.3) is 0 Å². The molecule has 0 aromatic carbocycles. The lowest BCUT2D eigenvalue weighted by atomic mass is 9.77. The van der Waals surface area contributed by atoms with Gasteiger partial charge >= 0.3 is 0 Å². The molecule has 120 valence electrons. The average molecular weight is 284 g/mol. The molecule has 1 saturated carbocycles. The third kappa shape index (κ3) is 7.64. The zero-order valence-electron chi connectivity index (χ0n) is 14.3. The summed E-state index contributed by atoms with van der Waals surface area (Å²) in [7, 11) is 0. The van der Waals surface area contributed by atoms with Gasteiger partial charge in [0, 0.05) is 25.8 Å². The van der Waals surface area contributed by atoms with Crippen molar-refractivity contribution in [1.82, 2.24) is 5.32 Å². The molecule has 1 fully saturated rings. The van der Waals surface area contributed by atoms with E-state index in [4.69, 9.17) is 4.74 Å². The topological polar surface area (TPSA) is 21.3 Å². The smallest absolute Gasteiger partial charge is 0.0471 e. The van der Waals surface area contributed by atoms with Crippen molar-refractivity contribution in [2.45, 2.75) is 85.1 Å². The first-order valence-corrected chi connectivity index (χ1v) is 8.93. The molecule has 1 rings (SSSR count). The molecule has 0 saturated heterocycles. The maximum Gasteiger partial charge on any atom is 0.0471 e. The Kier molecular flexibility index (Phi) is 8.79. The molecule has 0 aromatic rings. The highest BCUT2D eigenvalue weighted by Crippen LogP contribution is 2.33. The van der Waals surface area contributed by atoms with Crippen molar-refractivity contribution < 1.29 is 4.74 Å². The van der Waals surface area contributed by atoms with Crippen LogP contribution in [-0.2, 0) is 4.74 Å². The van der Waals surface area contributed by atoms with Crippen molar-refractivity contribution in [2.75, 3.05) is 19.8 Å². The molecule has 20 heavy (non-hydrogen) atoms. The predicted octanol–water partition coefficient (Wildman–Crippen LogP) is 4.78. The van der Waals surface area contributed by atoms with Gasteiger partial charge < -0.3 is 10.1 Å². The van der Waals surface area contributed by atoms with E-state index in [1.807, 2.05) is 0 Å². The minimum atomic E-state index is 0.469. The Hall–Kier alpha value is -0.0800. The van der Waals surface area contributed by atoms with Gasteiger partial charge in [-0.1, -0.05) is 40.5 Å². The second-order valence-corrected chi connectivity index (χ2v) is 7.16. The van der Waals surface area contributed by atoms with Gasteiger partial charge in [0.25, 0.3) is 0 Å². The zero-order chi connectivity index (χ0) is 14.8. The van der Waals surface area contributed by atoms with Gasteiger partial charge in [-0.05, 0) is 49.9 Å². The van der Waals surface area contributed by atoms with E-state index in [2.05, 4.69) is 33.0 Å². The molecule has 2 nitrogen and oxygen atoms in total. The van der Waals surface area contributed by atoms with E-state index >= 15 is 0 Å². The number of unbranched alkanes of at least 4 members (excludes halogenated alkanes) is 1. The molecule has 0 spiro atoms. The lowest BCUT2D eigenvalue weighted by Crippen LogP contribution is -2.36. The van der Waals surface area contributed by atoms with Gasteiger partial charge in [0.05, 0.1) is 0 Å². The monoisotopic (exact) mass is 283 g/mol. The summed E-state index contributed by atoms with van der Waals surface area (Å²) in [5, 5.41) is 3.76. The van der Waals surface area contributed by atoms with Crippen LogP contribution in [0.2, 0.25) is 0 Å². The molecule has 0 amide bonds. The molecule has 0 aliphatic heterocycles. The van der Waals surface area contributed by atoms with E-state index in [0.717, 1.165) is 25.2 Å². The third-order valence-corrected chi connectivity index (χ3v) is 4.77. The van der Waals surface area contributed by atoms with Crippen molar-refractivity contribution in [2.24, 2.45) is 11.3 Å². The largest absolute Gasteiger partial charge is 0.381 e. The highest BCUT2D eigenvalue weighted by molar-refractivity contribution is 4.87. The second kappa shape index (κ2) is 9.78. The normalized spacial score (nSPS) is 18.4. The lowest BCUT2D eigenvalue weighted by Gasteiger charge is -2.33. The summed E-state index contributed by atoms with van der Waals surface area (Å²) in [6.07, 6.45) is 10.5. The molecule has 2 heteroatoms. The van der Waals surface area contributed by atoms with E-state index in [0.29, 0.717) is 5.41 Å². The van der Waals surface area contributed by atoms with Crippen LogP contribution in [-0.4, -0.2) is 25.8 Å². The third-order valence-electron chi connectivity index (χ3n) is 4.77. The van der Waals surface area contributed by atoms with Crippen LogP contribution in [0, 0.1) is 11.3 Å². The van der Waals surface area contributed by atoms with Crippen LogP contribution in [0.5, 0.6) is 0 Å². The molecule has 1 unspecified atom stereocenters. The summed E-state index contributed by atoms with van der Waals surface area (Å²) in [5.41, 5.74) is 0.469. The lowest BCUT2D eigenvalue weighted by molar-refractivity contribution is 0.0785. The van der Waals surface area contributed by atoms with E-state index in [1.165, 1.54) is 57.9 Å². The van der Waals surface area contributed by atoms with Crippen molar-refractivity contribution in [3.63, 3.8) is 0 Å². The Morgan fingerprint density at radius 1 is 1.15 bits per heavy atom. The number of hydrogen-bond donors (Lipinski definition) is 1. The van der Waals surface area contributed by atoms with Crippen LogP contribution < -0.4 is 5.32 Å². The molecule has 1 aliphatic carbocycles. The Morgan fingerprint density at radius 3 is 2.45 bits per heavy atom. The highest BCUT2D eigenvalue weighted by atomic mass is 16.5. The van der Waals surface area contributed by atoms with Gasteiger partial charge in [-0.2, -0.15) is 0 Å². The maximum absolute atomic E-state index is 5.88. The fourth-order valence-electron chi connectivity index (χ4n) is 2.69. The van der Waals surface area contributed by atoms with E-state index < -0.39 is 0 Å².